The predicted molar refractivity (Wildman–Crippen MR) is 119 cm³/mol. The minimum Gasteiger partial charge on any atom is -0.497 e. The highest BCUT2D eigenvalue weighted by molar-refractivity contribution is 5.31. The van der Waals surface area contributed by atoms with E-state index in [9.17, 15) is 0 Å². The number of methoxy groups -OCH3 is 1. The van der Waals surface area contributed by atoms with Crippen LogP contribution in [0.25, 0.3) is 0 Å². The molecule has 1 saturated heterocycles. The zero-order valence-corrected chi connectivity index (χ0v) is 17.5. The van der Waals surface area contributed by atoms with E-state index in [1.807, 2.05) is 30.3 Å². The Morgan fingerprint density at radius 3 is 2.20 bits per heavy atom. The van der Waals surface area contributed by atoms with E-state index in [4.69, 9.17) is 14.2 Å². The van der Waals surface area contributed by atoms with Gasteiger partial charge in [-0.15, -0.1) is 0 Å². The van der Waals surface area contributed by atoms with Crippen LogP contribution in [0.5, 0.6) is 11.5 Å². The molecule has 0 N–H and O–H groups in total. The van der Waals surface area contributed by atoms with Crippen LogP contribution < -0.4 is 9.47 Å². The number of hydrogen-bond acceptors (Lipinski definition) is 4. The highest BCUT2D eigenvalue weighted by Gasteiger charge is 2.36. The minimum absolute atomic E-state index is 0.466. The van der Waals surface area contributed by atoms with Crippen LogP contribution in [0.4, 0.5) is 0 Å². The largest absolute Gasteiger partial charge is 0.497 e. The molecule has 0 amide bonds. The van der Waals surface area contributed by atoms with E-state index in [-0.39, 0.29) is 0 Å². The van der Waals surface area contributed by atoms with Gasteiger partial charge >= 0.3 is 0 Å². The lowest BCUT2D eigenvalue weighted by Crippen LogP contribution is -2.37. The summed E-state index contributed by atoms with van der Waals surface area (Å²) in [6, 6.07) is 28.8. The molecular formula is C26H29NO3. The van der Waals surface area contributed by atoms with Gasteiger partial charge < -0.3 is 14.2 Å². The molecule has 0 saturated carbocycles. The van der Waals surface area contributed by atoms with Gasteiger partial charge in [-0.05, 0) is 41.8 Å². The Bertz CT molecular complexity index is 899. The van der Waals surface area contributed by atoms with Crippen molar-refractivity contribution >= 4 is 0 Å². The van der Waals surface area contributed by atoms with Gasteiger partial charge in [-0.1, -0.05) is 60.7 Å². The highest BCUT2D eigenvalue weighted by Crippen LogP contribution is 2.33. The number of benzene rings is 3. The summed E-state index contributed by atoms with van der Waals surface area (Å²) in [4.78, 5) is 2.47. The van der Waals surface area contributed by atoms with Gasteiger partial charge in [0.1, 0.15) is 23.7 Å². The molecule has 1 unspecified atom stereocenters. The number of hydrogen-bond donors (Lipinski definition) is 0. The van der Waals surface area contributed by atoms with Crippen LogP contribution in [0.2, 0.25) is 0 Å². The first-order chi connectivity index (χ1) is 14.8. The molecule has 1 aliphatic heterocycles. The van der Waals surface area contributed by atoms with Gasteiger partial charge in [-0.25, -0.2) is 0 Å². The Morgan fingerprint density at radius 1 is 0.833 bits per heavy atom. The van der Waals surface area contributed by atoms with E-state index >= 15 is 0 Å². The van der Waals surface area contributed by atoms with Crippen LogP contribution in [0, 0.1) is 0 Å². The Morgan fingerprint density at radius 2 is 1.50 bits per heavy atom. The Balaban J connectivity index is 1.49. The molecule has 0 radical (unpaired) electrons. The summed E-state index contributed by atoms with van der Waals surface area (Å²) in [5.41, 5.74) is 2.03. The van der Waals surface area contributed by atoms with Gasteiger partial charge in [0.25, 0.3) is 0 Å². The van der Waals surface area contributed by atoms with E-state index in [1.54, 1.807) is 7.11 Å². The average molecular weight is 404 g/mol. The zero-order chi connectivity index (χ0) is 20.7. The van der Waals surface area contributed by atoms with E-state index in [1.165, 1.54) is 11.1 Å². The molecule has 156 valence electrons. The molecule has 3 aromatic carbocycles. The Labute approximate surface area is 179 Å². The van der Waals surface area contributed by atoms with Gasteiger partial charge in [0.15, 0.2) is 0 Å². The molecule has 0 spiro atoms. The fourth-order valence-corrected chi connectivity index (χ4v) is 3.93. The SMILES string of the molecule is COc1ccc(OCC2(c3ccccc3)CCN(Cc3ccccc3)CCO2)cc1. The Hall–Kier alpha value is -2.82. The summed E-state index contributed by atoms with van der Waals surface area (Å²) in [5, 5.41) is 0. The van der Waals surface area contributed by atoms with Crippen molar-refractivity contribution in [1.82, 2.24) is 4.90 Å². The van der Waals surface area contributed by atoms with Crippen molar-refractivity contribution in [2.24, 2.45) is 0 Å². The Kier molecular flexibility index (Phi) is 6.67. The smallest absolute Gasteiger partial charge is 0.128 e. The molecule has 0 aromatic heterocycles. The summed E-state index contributed by atoms with van der Waals surface area (Å²) in [7, 11) is 1.67. The molecule has 3 aromatic rings. The van der Waals surface area contributed by atoms with Gasteiger partial charge in [0.05, 0.1) is 13.7 Å². The second-order valence-corrected chi connectivity index (χ2v) is 7.68. The lowest BCUT2D eigenvalue weighted by Gasteiger charge is -2.33. The van der Waals surface area contributed by atoms with Crippen molar-refractivity contribution in [2.45, 2.75) is 18.6 Å². The highest BCUT2D eigenvalue weighted by atomic mass is 16.5. The second-order valence-electron chi connectivity index (χ2n) is 7.68. The molecule has 0 aliphatic carbocycles. The van der Waals surface area contributed by atoms with E-state index in [0.717, 1.165) is 37.6 Å². The van der Waals surface area contributed by atoms with Gasteiger partial charge in [0, 0.05) is 19.6 Å². The van der Waals surface area contributed by atoms with Gasteiger partial charge in [-0.3, -0.25) is 4.90 Å². The first-order valence-electron chi connectivity index (χ1n) is 10.5. The summed E-state index contributed by atoms with van der Waals surface area (Å²) in [5.74, 6) is 1.64. The third kappa shape index (κ3) is 5.02. The molecule has 30 heavy (non-hydrogen) atoms. The van der Waals surface area contributed by atoms with E-state index in [0.29, 0.717) is 13.2 Å². The van der Waals surface area contributed by atoms with Crippen molar-refractivity contribution in [3.05, 3.63) is 96.1 Å². The van der Waals surface area contributed by atoms with Crippen LogP contribution in [0.1, 0.15) is 17.5 Å². The van der Waals surface area contributed by atoms with Crippen molar-refractivity contribution < 1.29 is 14.2 Å². The first kappa shape index (κ1) is 20.5. The van der Waals surface area contributed by atoms with E-state index in [2.05, 4.69) is 59.5 Å². The summed E-state index contributed by atoms with van der Waals surface area (Å²) >= 11 is 0. The molecule has 4 rings (SSSR count). The fraction of sp³-hybridized carbons (Fsp3) is 0.308. The fourth-order valence-electron chi connectivity index (χ4n) is 3.93. The topological polar surface area (TPSA) is 30.9 Å². The van der Waals surface area contributed by atoms with Crippen molar-refractivity contribution in [2.75, 3.05) is 33.4 Å². The van der Waals surface area contributed by atoms with Gasteiger partial charge in [0.2, 0.25) is 0 Å². The maximum atomic E-state index is 6.52. The third-order valence-corrected chi connectivity index (χ3v) is 5.70. The predicted octanol–water partition coefficient (Wildman–Crippen LogP) is 4.89. The van der Waals surface area contributed by atoms with Crippen LogP contribution in [-0.4, -0.2) is 38.3 Å². The third-order valence-electron chi connectivity index (χ3n) is 5.70. The first-order valence-corrected chi connectivity index (χ1v) is 10.5. The molecule has 1 fully saturated rings. The molecule has 1 atom stereocenters. The normalized spacial score (nSPS) is 19.8. The summed E-state index contributed by atoms with van der Waals surface area (Å²) in [6.45, 7) is 3.95. The summed E-state index contributed by atoms with van der Waals surface area (Å²) < 4.78 is 18.0. The quantitative estimate of drug-likeness (QED) is 0.562. The van der Waals surface area contributed by atoms with Crippen molar-refractivity contribution in [1.29, 1.82) is 0 Å². The van der Waals surface area contributed by atoms with Crippen molar-refractivity contribution in [3.63, 3.8) is 0 Å². The standard InChI is InChI=1S/C26H29NO3/c1-28-24-12-14-25(15-13-24)29-21-26(23-10-6-3-7-11-23)16-17-27(18-19-30-26)20-22-8-4-2-5-9-22/h2-15H,16-21H2,1H3. The number of rotatable bonds is 7. The molecule has 1 heterocycles. The van der Waals surface area contributed by atoms with E-state index < -0.39 is 5.60 Å². The minimum atomic E-state index is -0.466. The number of nitrogens with zero attached hydrogens (tertiary/aromatic N) is 1. The van der Waals surface area contributed by atoms with Crippen LogP contribution in [0.3, 0.4) is 0 Å². The lowest BCUT2D eigenvalue weighted by molar-refractivity contribution is -0.0726. The molecular weight excluding hydrogens is 374 g/mol. The van der Waals surface area contributed by atoms with Crippen LogP contribution >= 0.6 is 0 Å². The zero-order valence-electron chi connectivity index (χ0n) is 17.5. The van der Waals surface area contributed by atoms with Gasteiger partial charge in [-0.2, -0.15) is 0 Å². The average Bonchev–Trinajstić information content (AvgIpc) is 3.02. The van der Waals surface area contributed by atoms with Crippen molar-refractivity contribution in [3.8, 4) is 11.5 Å². The number of ether oxygens (including phenoxy) is 3. The van der Waals surface area contributed by atoms with Crippen LogP contribution in [-0.2, 0) is 16.9 Å². The molecule has 4 nitrogen and oxygen atoms in total. The molecule has 4 heteroatoms. The maximum absolute atomic E-state index is 6.52. The molecule has 1 aliphatic rings. The monoisotopic (exact) mass is 403 g/mol. The second kappa shape index (κ2) is 9.79. The van der Waals surface area contributed by atoms with Crippen LogP contribution in [0.15, 0.2) is 84.9 Å². The molecule has 0 bridgehead atoms. The summed E-state index contributed by atoms with van der Waals surface area (Å²) in [6.07, 6.45) is 0.875. The maximum Gasteiger partial charge on any atom is 0.128 e. The lowest BCUT2D eigenvalue weighted by atomic mass is 9.90.